The topological polar surface area (TPSA) is 73.2 Å². The normalized spacial score (nSPS) is 12.8. The summed E-state index contributed by atoms with van der Waals surface area (Å²) in [4.78, 5) is 5.97. The first-order valence-electron chi connectivity index (χ1n) is 10.6. The number of hydrogen-bond acceptors (Lipinski definition) is 7. The number of aromatic nitrogens is 3. The zero-order chi connectivity index (χ0) is 22.4. The fourth-order valence-corrected chi connectivity index (χ4v) is 4.43. The summed E-state index contributed by atoms with van der Waals surface area (Å²) in [6.45, 7) is 14.2. The van der Waals surface area contributed by atoms with Gasteiger partial charge in [0.15, 0.2) is 6.23 Å². The van der Waals surface area contributed by atoms with Crippen LogP contribution in [0.1, 0.15) is 40.3 Å². The van der Waals surface area contributed by atoms with Crippen LogP contribution in [0.4, 0.5) is 11.5 Å². The van der Waals surface area contributed by atoms with Gasteiger partial charge in [0.2, 0.25) is 0 Å². The van der Waals surface area contributed by atoms with Crippen LogP contribution in [0.3, 0.4) is 0 Å². The van der Waals surface area contributed by atoms with Crippen molar-refractivity contribution in [2.75, 3.05) is 37.5 Å². The van der Waals surface area contributed by atoms with Crippen molar-refractivity contribution >= 4 is 33.1 Å². The number of thiophene rings is 1. The van der Waals surface area contributed by atoms with Gasteiger partial charge in [-0.15, -0.1) is 17.9 Å². The third kappa shape index (κ3) is 5.84. The van der Waals surface area contributed by atoms with Crippen LogP contribution >= 0.6 is 11.3 Å². The lowest BCUT2D eigenvalue weighted by atomic mass is 10.1. The molecule has 0 saturated carbocycles. The number of rotatable bonds is 11. The molecule has 0 aliphatic rings. The number of methoxy groups -OCH3 is 1. The molecule has 31 heavy (non-hydrogen) atoms. The van der Waals surface area contributed by atoms with E-state index in [-0.39, 0.29) is 11.8 Å². The molecule has 0 spiro atoms. The van der Waals surface area contributed by atoms with Crippen molar-refractivity contribution in [1.29, 1.82) is 0 Å². The Balaban J connectivity index is 2.04. The third-order valence-electron chi connectivity index (χ3n) is 4.53. The second-order valence-corrected chi connectivity index (χ2v) is 9.32. The van der Waals surface area contributed by atoms with Gasteiger partial charge < -0.3 is 20.1 Å². The van der Waals surface area contributed by atoms with Crippen LogP contribution in [0.5, 0.6) is 0 Å². The van der Waals surface area contributed by atoms with Crippen molar-refractivity contribution in [3.8, 4) is 10.6 Å². The molecule has 0 bridgehead atoms. The lowest BCUT2D eigenvalue weighted by molar-refractivity contribution is 0.00525. The smallest absolute Gasteiger partial charge is 0.154 e. The van der Waals surface area contributed by atoms with Gasteiger partial charge in [0.25, 0.3) is 0 Å². The van der Waals surface area contributed by atoms with E-state index < -0.39 is 0 Å². The standard InChI is InChI=1S/C23H33N5O2S/c1-7-9-21(30-8-2)28-18(10-11-25-28)19-14-17-22(31-19)16(24-12-13-29-6)15-20(26-17)27-23(3,4)5/h7,10-11,14-15,21H,1,8-9,12-13H2,2-6H3,(H2,24,26,27). The monoisotopic (exact) mass is 443 g/mol. The molecule has 0 amide bonds. The van der Waals surface area contributed by atoms with Crippen LogP contribution in [-0.2, 0) is 9.47 Å². The van der Waals surface area contributed by atoms with E-state index in [0.29, 0.717) is 19.6 Å². The van der Waals surface area contributed by atoms with Gasteiger partial charge in [0.05, 0.1) is 33.1 Å². The summed E-state index contributed by atoms with van der Waals surface area (Å²) in [5.74, 6) is 0.844. The summed E-state index contributed by atoms with van der Waals surface area (Å²) >= 11 is 1.70. The number of ether oxygens (including phenoxy) is 2. The Morgan fingerprint density at radius 3 is 2.81 bits per heavy atom. The van der Waals surface area contributed by atoms with Gasteiger partial charge in [-0.2, -0.15) is 5.10 Å². The fraction of sp³-hybridized carbons (Fsp3) is 0.478. The van der Waals surface area contributed by atoms with Crippen molar-refractivity contribution in [3.05, 3.63) is 37.1 Å². The van der Waals surface area contributed by atoms with Crippen molar-refractivity contribution in [3.63, 3.8) is 0 Å². The van der Waals surface area contributed by atoms with E-state index in [4.69, 9.17) is 14.5 Å². The molecular weight excluding hydrogens is 410 g/mol. The van der Waals surface area contributed by atoms with Gasteiger partial charge in [-0.1, -0.05) is 6.08 Å². The van der Waals surface area contributed by atoms with Crippen LogP contribution in [0, 0.1) is 0 Å². The first-order valence-corrected chi connectivity index (χ1v) is 11.4. The SMILES string of the molecule is C=CCC(OCC)n1nccc1-c1cc2nc(NC(C)(C)C)cc(NCCOC)c2s1. The molecule has 0 aromatic carbocycles. The van der Waals surface area contributed by atoms with Crippen molar-refractivity contribution in [2.45, 2.75) is 45.9 Å². The maximum Gasteiger partial charge on any atom is 0.154 e. The minimum atomic E-state index is -0.178. The number of nitrogens with zero attached hydrogens (tertiary/aromatic N) is 3. The molecular formula is C23H33N5O2S. The Hall–Kier alpha value is -2.42. The molecule has 3 aromatic heterocycles. The molecule has 8 heteroatoms. The van der Waals surface area contributed by atoms with Gasteiger partial charge in [-0.05, 0) is 39.8 Å². The van der Waals surface area contributed by atoms with Crippen molar-refractivity contribution in [1.82, 2.24) is 14.8 Å². The lowest BCUT2D eigenvalue weighted by Crippen LogP contribution is -2.26. The molecule has 3 rings (SSSR count). The molecule has 1 unspecified atom stereocenters. The zero-order valence-electron chi connectivity index (χ0n) is 19.1. The quantitative estimate of drug-likeness (QED) is 0.299. The summed E-state index contributed by atoms with van der Waals surface area (Å²) in [5.41, 5.74) is 2.91. The molecule has 1 atom stereocenters. The second-order valence-electron chi connectivity index (χ2n) is 8.27. The van der Waals surface area contributed by atoms with E-state index in [9.17, 15) is 0 Å². The molecule has 3 heterocycles. The highest BCUT2D eigenvalue weighted by molar-refractivity contribution is 7.22. The van der Waals surface area contributed by atoms with Crippen LogP contribution < -0.4 is 10.6 Å². The molecule has 3 aromatic rings. The second kappa shape index (κ2) is 10.3. The first kappa shape index (κ1) is 23.2. The summed E-state index contributed by atoms with van der Waals surface area (Å²) in [6.07, 6.45) is 4.19. The maximum absolute atomic E-state index is 5.91. The molecule has 0 saturated heterocycles. The van der Waals surface area contributed by atoms with Crippen molar-refractivity contribution < 1.29 is 9.47 Å². The molecule has 0 aliphatic heterocycles. The molecule has 0 radical (unpaired) electrons. The number of hydrogen-bond donors (Lipinski definition) is 2. The Labute approximate surface area is 188 Å². The summed E-state index contributed by atoms with van der Waals surface area (Å²) in [6, 6.07) is 6.22. The highest BCUT2D eigenvalue weighted by Crippen LogP contribution is 2.39. The predicted molar refractivity (Wildman–Crippen MR) is 130 cm³/mol. The molecule has 168 valence electrons. The summed E-state index contributed by atoms with van der Waals surface area (Å²) in [5, 5.41) is 11.5. The Bertz CT molecular complexity index is 1010. The number of nitrogens with one attached hydrogen (secondary N) is 2. The van der Waals surface area contributed by atoms with Gasteiger partial charge in [-0.3, -0.25) is 0 Å². The molecule has 2 N–H and O–H groups in total. The molecule has 0 aliphatic carbocycles. The number of anilines is 2. The van der Waals surface area contributed by atoms with E-state index >= 15 is 0 Å². The predicted octanol–water partition coefficient (Wildman–Crippen LogP) is 5.54. The van der Waals surface area contributed by atoms with E-state index in [1.54, 1.807) is 18.4 Å². The minimum Gasteiger partial charge on any atom is -0.383 e. The number of fused-ring (bicyclic) bond motifs is 1. The highest BCUT2D eigenvalue weighted by atomic mass is 32.1. The van der Waals surface area contributed by atoms with E-state index in [0.717, 1.165) is 38.8 Å². The average molecular weight is 444 g/mol. The highest BCUT2D eigenvalue weighted by Gasteiger charge is 2.19. The maximum atomic E-state index is 5.91. The Morgan fingerprint density at radius 1 is 1.32 bits per heavy atom. The van der Waals surface area contributed by atoms with E-state index in [1.807, 2.05) is 29.9 Å². The number of pyridine rings is 1. The summed E-state index contributed by atoms with van der Waals surface area (Å²) in [7, 11) is 1.71. The van der Waals surface area contributed by atoms with E-state index in [2.05, 4.69) is 55.2 Å². The Kier molecular flexibility index (Phi) is 7.69. The van der Waals surface area contributed by atoms with Crippen LogP contribution in [0.2, 0.25) is 0 Å². The van der Waals surface area contributed by atoms with Gasteiger partial charge in [0, 0.05) is 44.5 Å². The average Bonchev–Trinajstić information content (AvgIpc) is 3.33. The lowest BCUT2D eigenvalue weighted by Gasteiger charge is -2.22. The third-order valence-corrected chi connectivity index (χ3v) is 5.71. The summed E-state index contributed by atoms with van der Waals surface area (Å²) < 4.78 is 14.2. The van der Waals surface area contributed by atoms with Gasteiger partial charge in [-0.25, -0.2) is 9.67 Å². The Morgan fingerprint density at radius 2 is 2.13 bits per heavy atom. The largest absolute Gasteiger partial charge is 0.383 e. The molecule has 7 nitrogen and oxygen atoms in total. The molecule has 0 fully saturated rings. The zero-order valence-corrected chi connectivity index (χ0v) is 19.9. The van der Waals surface area contributed by atoms with Crippen LogP contribution in [-0.4, -0.2) is 47.2 Å². The van der Waals surface area contributed by atoms with Crippen LogP contribution in [0.25, 0.3) is 20.8 Å². The van der Waals surface area contributed by atoms with Gasteiger partial charge >= 0.3 is 0 Å². The minimum absolute atomic E-state index is 0.0860. The van der Waals surface area contributed by atoms with E-state index in [1.165, 1.54) is 0 Å². The van der Waals surface area contributed by atoms with Crippen LogP contribution in [0.15, 0.2) is 37.1 Å². The first-order chi connectivity index (χ1) is 14.9. The van der Waals surface area contributed by atoms with Crippen molar-refractivity contribution in [2.24, 2.45) is 0 Å². The van der Waals surface area contributed by atoms with Gasteiger partial charge in [0.1, 0.15) is 5.82 Å². The fourth-order valence-electron chi connectivity index (χ4n) is 3.33.